The van der Waals surface area contributed by atoms with Crippen LogP contribution in [-0.2, 0) is 0 Å². The minimum atomic E-state index is -0.0278. The third-order valence-corrected chi connectivity index (χ3v) is 2.27. The Labute approximate surface area is 57.7 Å². The van der Waals surface area contributed by atoms with Crippen molar-refractivity contribution < 1.29 is 0 Å². The largest absolute Gasteiger partial charge is 0.198 e. The lowest BCUT2D eigenvalue weighted by Gasteiger charge is -2.19. The Morgan fingerprint density at radius 1 is 1.11 bits per heavy atom. The van der Waals surface area contributed by atoms with E-state index in [2.05, 4.69) is 26.8 Å². The second kappa shape index (κ2) is 3.50. The summed E-state index contributed by atoms with van der Waals surface area (Å²) >= 11 is 0. The van der Waals surface area contributed by atoms with Gasteiger partial charge in [0.05, 0.1) is 11.5 Å². The monoisotopic (exact) mass is 125 g/mol. The predicted octanol–water partition coefficient (Wildman–Crippen LogP) is 2.73. The fraction of sp³-hybridized carbons (Fsp3) is 0.875. The highest BCUT2D eigenvalue weighted by Gasteiger charge is 2.22. The molecule has 52 valence electrons. The SMILES string of the molecule is CCC(C#N)(CC)CC. The Morgan fingerprint density at radius 2 is 1.44 bits per heavy atom. The summed E-state index contributed by atoms with van der Waals surface area (Å²) < 4.78 is 0. The molecule has 1 heteroatoms. The first-order valence-electron chi connectivity index (χ1n) is 3.66. The average Bonchev–Trinajstić information content (AvgIpc) is 1.95. The minimum Gasteiger partial charge on any atom is -0.198 e. The normalized spacial score (nSPS) is 10.9. The molecular weight excluding hydrogens is 110 g/mol. The Hall–Kier alpha value is -0.510. The smallest absolute Gasteiger partial charge is 0.0689 e. The van der Waals surface area contributed by atoms with Crippen molar-refractivity contribution in [2.24, 2.45) is 5.41 Å². The van der Waals surface area contributed by atoms with Gasteiger partial charge in [-0.05, 0) is 19.3 Å². The Balaban J connectivity index is 4.04. The van der Waals surface area contributed by atoms with E-state index in [0.29, 0.717) is 0 Å². The molecule has 0 rings (SSSR count). The van der Waals surface area contributed by atoms with Crippen molar-refractivity contribution in [3.8, 4) is 6.07 Å². The summed E-state index contributed by atoms with van der Waals surface area (Å²) in [6.07, 6.45) is 2.95. The molecule has 0 N–H and O–H groups in total. The highest BCUT2D eigenvalue weighted by molar-refractivity contribution is 4.95. The molecule has 0 aliphatic rings. The molecule has 0 bridgehead atoms. The first-order chi connectivity index (χ1) is 4.24. The molecule has 0 aromatic heterocycles. The summed E-state index contributed by atoms with van der Waals surface area (Å²) in [4.78, 5) is 0. The van der Waals surface area contributed by atoms with E-state index in [4.69, 9.17) is 5.26 Å². The molecule has 0 radical (unpaired) electrons. The van der Waals surface area contributed by atoms with Crippen LogP contribution in [0.25, 0.3) is 0 Å². The van der Waals surface area contributed by atoms with Crippen LogP contribution in [0.2, 0.25) is 0 Å². The fourth-order valence-corrected chi connectivity index (χ4v) is 0.987. The molecule has 0 amide bonds. The third kappa shape index (κ3) is 1.71. The molecule has 0 saturated heterocycles. The molecule has 0 heterocycles. The first-order valence-corrected chi connectivity index (χ1v) is 3.66. The summed E-state index contributed by atoms with van der Waals surface area (Å²) in [5.74, 6) is 0. The molecule has 9 heavy (non-hydrogen) atoms. The zero-order valence-electron chi connectivity index (χ0n) is 6.57. The van der Waals surface area contributed by atoms with Crippen molar-refractivity contribution in [3.63, 3.8) is 0 Å². The fourth-order valence-electron chi connectivity index (χ4n) is 0.987. The maximum atomic E-state index is 8.73. The number of rotatable bonds is 3. The van der Waals surface area contributed by atoms with E-state index >= 15 is 0 Å². The lowest BCUT2D eigenvalue weighted by molar-refractivity contribution is 0.352. The number of hydrogen-bond donors (Lipinski definition) is 0. The quantitative estimate of drug-likeness (QED) is 0.569. The standard InChI is InChI=1S/C8H15N/c1-4-8(5-2,6-3)7-9/h4-6H2,1-3H3. The van der Waals surface area contributed by atoms with E-state index in [-0.39, 0.29) is 5.41 Å². The van der Waals surface area contributed by atoms with Crippen LogP contribution in [0.3, 0.4) is 0 Å². The van der Waals surface area contributed by atoms with Crippen LogP contribution in [0.15, 0.2) is 0 Å². The van der Waals surface area contributed by atoms with Gasteiger partial charge in [-0.2, -0.15) is 5.26 Å². The highest BCUT2D eigenvalue weighted by Crippen LogP contribution is 2.28. The summed E-state index contributed by atoms with van der Waals surface area (Å²) in [6, 6.07) is 2.36. The maximum absolute atomic E-state index is 8.73. The zero-order valence-corrected chi connectivity index (χ0v) is 6.57. The second-order valence-corrected chi connectivity index (χ2v) is 2.45. The van der Waals surface area contributed by atoms with Gasteiger partial charge in [0, 0.05) is 0 Å². The summed E-state index contributed by atoms with van der Waals surface area (Å²) in [5, 5.41) is 8.73. The maximum Gasteiger partial charge on any atom is 0.0689 e. The van der Waals surface area contributed by atoms with Crippen LogP contribution >= 0.6 is 0 Å². The van der Waals surface area contributed by atoms with E-state index in [0.717, 1.165) is 19.3 Å². The van der Waals surface area contributed by atoms with E-state index in [9.17, 15) is 0 Å². The Bertz CT molecular complexity index is 98.0. The van der Waals surface area contributed by atoms with Crippen LogP contribution in [-0.4, -0.2) is 0 Å². The van der Waals surface area contributed by atoms with Gasteiger partial charge in [-0.15, -0.1) is 0 Å². The van der Waals surface area contributed by atoms with E-state index < -0.39 is 0 Å². The molecular formula is C8H15N. The van der Waals surface area contributed by atoms with Gasteiger partial charge in [-0.3, -0.25) is 0 Å². The molecule has 0 aromatic rings. The van der Waals surface area contributed by atoms with Crippen LogP contribution in [0.1, 0.15) is 40.0 Å². The molecule has 0 aliphatic carbocycles. The van der Waals surface area contributed by atoms with Crippen LogP contribution in [0, 0.1) is 16.7 Å². The van der Waals surface area contributed by atoms with Crippen LogP contribution in [0.5, 0.6) is 0 Å². The van der Waals surface area contributed by atoms with Gasteiger partial charge in [0.1, 0.15) is 0 Å². The topological polar surface area (TPSA) is 23.8 Å². The van der Waals surface area contributed by atoms with Gasteiger partial charge in [0.2, 0.25) is 0 Å². The van der Waals surface area contributed by atoms with Crippen molar-refractivity contribution in [3.05, 3.63) is 0 Å². The zero-order chi connectivity index (χ0) is 7.33. The molecule has 0 spiro atoms. The van der Waals surface area contributed by atoms with Crippen LogP contribution < -0.4 is 0 Å². The first kappa shape index (κ1) is 8.49. The van der Waals surface area contributed by atoms with Gasteiger partial charge in [-0.1, -0.05) is 20.8 Å². The molecule has 0 unspecified atom stereocenters. The van der Waals surface area contributed by atoms with Gasteiger partial charge >= 0.3 is 0 Å². The van der Waals surface area contributed by atoms with E-state index in [1.807, 2.05) is 0 Å². The third-order valence-electron chi connectivity index (χ3n) is 2.27. The molecule has 0 aromatic carbocycles. The molecule has 0 fully saturated rings. The minimum absolute atomic E-state index is 0.0278. The predicted molar refractivity (Wildman–Crippen MR) is 38.9 cm³/mol. The lowest BCUT2D eigenvalue weighted by atomic mass is 9.82. The van der Waals surface area contributed by atoms with Crippen molar-refractivity contribution >= 4 is 0 Å². The van der Waals surface area contributed by atoms with E-state index in [1.165, 1.54) is 0 Å². The summed E-state index contributed by atoms with van der Waals surface area (Å²) in [7, 11) is 0. The van der Waals surface area contributed by atoms with Crippen molar-refractivity contribution in [1.29, 1.82) is 5.26 Å². The second-order valence-electron chi connectivity index (χ2n) is 2.45. The van der Waals surface area contributed by atoms with Gasteiger partial charge in [0.25, 0.3) is 0 Å². The van der Waals surface area contributed by atoms with Gasteiger partial charge in [0.15, 0.2) is 0 Å². The van der Waals surface area contributed by atoms with E-state index in [1.54, 1.807) is 0 Å². The lowest BCUT2D eigenvalue weighted by Crippen LogP contribution is -2.13. The highest BCUT2D eigenvalue weighted by atomic mass is 14.3. The number of hydrogen-bond acceptors (Lipinski definition) is 1. The van der Waals surface area contributed by atoms with Crippen molar-refractivity contribution in [2.75, 3.05) is 0 Å². The molecule has 0 saturated carbocycles. The molecule has 1 nitrogen and oxygen atoms in total. The average molecular weight is 125 g/mol. The van der Waals surface area contributed by atoms with Crippen molar-refractivity contribution in [2.45, 2.75) is 40.0 Å². The molecule has 0 aliphatic heterocycles. The Morgan fingerprint density at radius 3 is 1.44 bits per heavy atom. The number of nitrogens with zero attached hydrogens (tertiary/aromatic N) is 1. The number of nitriles is 1. The van der Waals surface area contributed by atoms with Crippen LogP contribution in [0.4, 0.5) is 0 Å². The Kier molecular flexibility index (Phi) is 3.30. The summed E-state index contributed by atoms with van der Waals surface area (Å²) in [5.41, 5.74) is -0.0278. The summed E-state index contributed by atoms with van der Waals surface area (Å²) in [6.45, 7) is 6.24. The van der Waals surface area contributed by atoms with Gasteiger partial charge in [-0.25, -0.2) is 0 Å². The van der Waals surface area contributed by atoms with Crippen molar-refractivity contribution in [1.82, 2.24) is 0 Å². The molecule has 0 atom stereocenters. The van der Waals surface area contributed by atoms with Gasteiger partial charge < -0.3 is 0 Å².